The summed E-state index contributed by atoms with van der Waals surface area (Å²) < 4.78 is 10.8. The Labute approximate surface area is 256 Å². The van der Waals surface area contributed by atoms with E-state index in [9.17, 15) is 14.7 Å². The molecule has 242 valence electrons. The van der Waals surface area contributed by atoms with E-state index in [0.717, 1.165) is 38.5 Å². The van der Waals surface area contributed by atoms with Gasteiger partial charge in [0.05, 0.1) is 15.4 Å². The van der Waals surface area contributed by atoms with Gasteiger partial charge in [0.2, 0.25) is 0 Å². The molecule has 2 unspecified atom stereocenters. The largest absolute Gasteiger partial charge is 0.463 e. The molecule has 0 aliphatic rings. The summed E-state index contributed by atoms with van der Waals surface area (Å²) >= 11 is 0. The van der Waals surface area contributed by atoms with Crippen molar-refractivity contribution in [2.75, 3.05) is 13.2 Å². The zero-order chi connectivity index (χ0) is 30.1. The predicted molar refractivity (Wildman–Crippen MR) is 177 cm³/mol. The minimum absolute atomic E-state index is 0.0149. The highest BCUT2D eigenvalue weighted by Crippen LogP contribution is 2.21. The molecular formula is C35H67O5P. The molecule has 0 aromatic heterocycles. The molecule has 5 nitrogen and oxygen atoms in total. The number of rotatable bonds is 33. The summed E-state index contributed by atoms with van der Waals surface area (Å²) in [6, 6.07) is 0. The number of esters is 1. The van der Waals surface area contributed by atoms with Crippen molar-refractivity contribution in [3.63, 3.8) is 0 Å². The standard InChI is InChI=1S/C35H67O5P/c1-3-5-7-9-11-13-15-16-17-18-20-22-24-26-28-30-35(38)41-40-33(31-36)32-39-34(37)29-27-25-23-21-19-14-12-10-8-6-4-2/h16-17,33,36,41H,3-15,18-32H2,1-2H3. The Kier molecular flexibility index (Phi) is 33.1. The van der Waals surface area contributed by atoms with Crippen LogP contribution in [-0.4, -0.2) is 35.9 Å². The summed E-state index contributed by atoms with van der Waals surface area (Å²) in [6.45, 7) is 4.27. The Bertz CT molecular complexity index is 595. The molecule has 0 rings (SSSR count). The van der Waals surface area contributed by atoms with Crippen molar-refractivity contribution >= 4 is 20.3 Å². The van der Waals surface area contributed by atoms with Crippen LogP contribution < -0.4 is 0 Å². The Morgan fingerprint density at radius 2 is 1.02 bits per heavy atom. The number of unbranched alkanes of at least 4 members (excludes halogenated alkanes) is 21. The maximum absolute atomic E-state index is 12.2. The topological polar surface area (TPSA) is 72.8 Å². The molecule has 0 saturated carbocycles. The third-order valence-electron chi connectivity index (χ3n) is 7.62. The SMILES string of the molecule is CCCCCCCCC=CCCCCCCCC(=O)POC(CO)COC(=O)CCCCCCCCCCCCC. The third-order valence-corrected chi connectivity index (χ3v) is 8.55. The lowest BCUT2D eigenvalue weighted by Gasteiger charge is -2.15. The number of aliphatic hydroxyl groups excluding tert-OH is 1. The van der Waals surface area contributed by atoms with Gasteiger partial charge in [-0.05, 0) is 38.5 Å². The predicted octanol–water partition coefficient (Wildman–Crippen LogP) is 10.8. The van der Waals surface area contributed by atoms with Crippen molar-refractivity contribution < 1.29 is 24.0 Å². The second-order valence-electron chi connectivity index (χ2n) is 11.8. The fourth-order valence-corrected chi connectivity index (χ4v) is 5.59. The van der Waals surface area contributed by atoms with Crippen molar-refractivity contribution in [2.24, 2.45) is 0 Å². The Morgan fingerprint density at radius 1 is 0.610 bits per heavy atom. The minimum Gasteiger partial charge on any atom is -0.463 e. The molecule has 0 fully saturated rings. The van der Waals surface area contributed by atoms with Crippen LogP contribution in [0.4, 0.5) is 0 Å². The van der Waals surface area contributed by atoms with E-state index in [2.05, 4.69) is 26.0 Å². The van der Waals surface area contributed by atoms with Gasteiger partial charge in [0.1, 0.15) is 12.7 Å². The van der Waals surface area contributed by atoms with Crippen LogP contribution in [0.5, 0.6) is 0 Å². The smallest absolute Gasteiger partial charge is 0.305 e. The molecule has 0 aliphatic heterocycles. The summed E-state index contributed by atoms with van der Waals surface area (Å²) in [5.74, 6) is -0.245. The van der Waals surface area contributed by atoms with Crippen LogP contribution in [-0.2, 0) is 18.8 Å². The van der Waals surface area contributed by atoms with Gasteiger partial charge in [0.15, 0.2) is 5.52 Å². The fourth-order valence-electron chi connectivity index (χ4n) is 4.87. The van der Waals surface area contributed by atoms with E-state index in [-0.39, 0.29) is 33.5 Å². The van der Waals surface area contributed by atoms with E-state index in [1.807, 2.05) is 0 Å². The molecule has 6 heteroatoms. The van der Waals surface area contributed by atoms with Gasteiger partial charge >= 0.3 is 5.97 Å². The summed E-state index contributed by atoms with van der Waals surface area (Å²) in [6.07, 6.45) is 34.8. The van der Waals surface area contributed by atoms with E-state index in [1.54, 1.807) is 0 Å². The fraction of sp³-hybridized carbons (Fsp3) is 0.886. The molecule has 0 bridgehead atoms. The van der Waals surface area contributed by atoms with Crippen LogP contribution in [0.15, 0.2) is 12.2 Å². The van der Waals surface area contributed by atoms with E-state index < -0.39 is 6.10 Å². The second kappa shape index (κ2) is 33.7. The quantitative estimate of drug-likeness (QED) is 0.0352. The molecule has 0 aromatic rings. The van der Waals surface area contributed by atoms with Crippen LogP contribution in [0, 0.1) is 0 Å². The maximum atomic E-state index is 12.2. The number of aliphatic hydroxyl groups is 1. The highest BCUT2D eigenvalue weighted by molar-refractivity contribution is 7.53. The first-order valence-electron chi connectivity index (χ1n) is 17.5. The van der Waals surface area contributed by atoms with Crippen molar-refractivity contribution in [1.29, 1.82) is 0 Å². The molecule has 0 heterocycles. The monoisotopic (exact) mass is 598 g/mol. The average Bonchev–Trinajstić information content (AvgIpc) is 2.98. The van der Waals surface area contributed by atoms with E-state index in [0.29, 0.717) is 12.8 Å². The molecule has 0 aliphatic carbocycles. The zero-order valence-corrected chi connectivity index (χ0v) is 28.1. The normalized spacial score (nSPS) is 12.6. The summed E-state index contributed by atoms with van der Waals surface area (Å²) in [5.41, 5.74) is 0.0772. The molecule has 0 aromatic carbocycles. The van der Waals surface area contributed by atoms with Gasteiger partial charge in [-0.3, -0.25) is 9.59 Å². The van der Waals surface area contributed by atoms with Crippen LogP contribution in [0.3, 0.4) is 0 Å². The van der Waals surface area contributed by atoms with E-state index in [1.165, 1.54) is 116 Å². The third kappa shape index (κ3) is 32.0. The van der Waals surface area contributed by atoms with Gasteiger partial charge in [0.25, 0.3) is 0 Å². The van der Waals surface area contributed by atoms with Crippen LogP contribution in [0.1, 0.15) is 181 Å². The van der Waals surface area contributed by atoms with Crippen molar-refractivity contribution in [3.8, 4) is 0 Å². The van der Waals surface area contributed by atoms with Crippen LogP contribution in [0.25, 0.3) is 0 Å². The molecule has 0 amide bonds. The molecule has 1 N–H and O–H groups in total. The number of carbonyl (C=O) groups is 2. The minimum atomic E-state index is -0.618. The number of hydrogen-bond acceptors (Lipinski definition) is 5. The molecule has 0 radical (unpaired) electrons. The Morgan fingerprint density at radius 3 is 1.49 bits per heavy atom. The number of carbonyl (C=O) groups excluding carboxylic acids is 2. The Balaban J connectivity index is 3.55. The molecule has 41 heavy (non-hydrogen) atoms. The van der Waals surface area contributed by atoms with Gasteiger partial charge in [-0.25, -0.2) is 0 Å². The van der Waals surface area contributed by atoms with Crippen LogP contribution in [0.2, 0.25) is 0 Å². The molecule has 0 saturated heterocycles. The summed E-state index contributed by atoms with van der Waals surface area (Å²) in [4.78, 5) is 24.2. The van der Waals surface area contributed by atoms with Crippen molar-refractivity contribution in [3.05, 3.63) is 12.2 Å². The van der Waals surface area contributed by atoms with E-state index >= 15 is 0 Å². The second-order valence-corrected chi connectivity index (χ2v) is 12.7. The first kappa shape index (κ1) is 40.2. The zero-order valence-electron chi connectivity index (χ0n) is 27.1. The van der Waals surface area contributed by atoms with Crippen molar-refractivity contribution in [1.82, 2.24) is 0 Å². The van der Waals surface area contributed by atoms with Gasteiger partial charge in [-0.15, -0.1) is 0 Å². The average molecular weight is 599 g/mol. The first-order valence-corrected chi connectivity index (χ1v) is 18.4. The number of allylic oxidation sites excluding steroid dienone is 2. The van der Waals surface area contributed by atoms with Crippen molar-refractivity contribution in [2.45, 2.75) is 187 Å². The lowest BCUT2D eigenvalue weighted by Crippen LogP contribution is -2.23. The molecule has 0 spiro atoms. The lowest BCUT2D eigenvalue weighted by molar-refractivity contribution is -0.146. The highest BCUT2D eigenvalue weighted by Gasteiger charge is 2.14. The highest BCUT2D eigenvalue weighted by atomic mass is 31.1. The van der Waals surface area contributed by atoms with Gasteiger partial charge in [-0.2, -0.15) is 0 Å². The lowest BCUT2D eigenvalue weighted by atomic mass is 10.1. The van der Waals surface area contributed by atoms with Crippen LogP contribution >= 0.6 is 8.81 Å². The Hall–Kier alpha value is -0.770. The van der Waals surface area contributed by atoms with Gasteiger partial charge in [0, 0.05) is 12.8 Å². The van der Waals surface area contributed by atoms with E-state index in [4.69, 9.17) is 9.26 Å². The first-order chi connectivity index (χ1) is 20.1. The molecule has 2 atom stereocenters. The van der Waals surface area contributed by atoms with Gasteiger partial charge in [-0.1, -0.05) is 142 Å². The summed E-state index contributed by atoms with van der Waals surface area (Å²) in [5, 5.41) is 9.52. The summed E-state index contributed by atoms with van der Waals surface area (Å²) in [7, 11) is -0.292. The van der Waals surface area contributed by atoms with Gasteiger partial charge < -0.3 is 14.4 Å². The maximum Gasteiger partial charge on any atom is 0.305 e. The molecular weight excluding hydrogens is 531 g/mol. The number of ether oxygens (including phenoxy) is 1. The number of hydrogen-bond donors (Lipinski definition) is 1.